The highest BCUT2D eigenvalue weighted by atomic mass is 19.1. The molecular weight excluding hydrogens is 199 g/mol. The molecule has 1 aromatic rings. The van der Waals surface area contributed by atoms with Gasteiger partial charge in [-0.1, -0.05) is 6.07 Å². The topological polar surface area (TPSA) is 64.3 Å². The molecule has 0 amide bonds. The van der Waals surface area contributed by atoms with Gasteiger partial charge >= 0.3 is 5.97 Å². The number of nitrogens with two attached hydrogens (primary N) is 1. The predicted molar refractivity (Wildman–Crippen MR) is 55.9 cm³/mol. The van der Waals surface area contributed by atoms with Crippen LogP contribution in [0.25, 0.3) is 0 Å². The van der Waals surface area contributed by atoms with Crippen LogP contribution >= 0.6 is 0 Å². The second kappa shape index (κ2) is 5.19. The molecule has 0 aliphatic heterocycles. The van der Waals surface area contributed by atoms with Crippen LogP contribution in [-0.2, 0) is 9.53 Å². The number of halogens is 1. The fourth-order valence-corrected chi connectivity index (χ4v) is 1.07. The highest BCUT2D eigenvalue weighted by Crippen LogP contribution is 2.20. The molecule has 0 aliphatic carbocycles. The van der Waals surface area contributed by atoms with Crippen molar-refractivity contribution in [3.8, 4) is 0 Å². The first-order chi connectivity index (χ1) is 7.15. The molecule has 0 fully saturated rings. The molecule has 15 heavy (non-hydrogen) atoms. The molecule has 0 heterocycles. The van der Waals surface area contributed by atoms with E-state index in [2.05, 4.69) is 5.32 Å². The molecule has 0 atom stereocenters. The number of anilines is 2. The molecule has 82 valence electrons. The number of nitrogens with one attached hydrogen (secondary N) is 1. The first-order valence-corrected chi connectivity index (χ1v) is 4.58. The van der Waals surface area contributed by atoms with E-state index in [1.165, 1.54) is 12.1 Å². The highest BCUT2D eigenvalue weighted by molar-refractivity contribution is 5.77. The van der Waals surface area contributed by atoms with Gasteiger partial charge in [-0.3, -0.25) is 4.79 Å². The number of carbonyl (C=O) groups is 1. The minimum Gasteiger partial charge on any atom is -0.465 e. The fraction of sp³-hybridized carbons (Fsp3) is 0.300. The van der Waals surface area contributed by atoms with Crippen LogP contribution in [0.2, 0.25) is 0 Å². The second-order valence-corrected chi connectivity index (χ2v) is 2.86. The summed E-state index contributed by atoms with van der Waals surface area (Å²) in [6.07, 6.45) is 0. The lowest BCUT2D eigenvalue weighted by molar-refractivity contribution is -0.140. The molecule has 3 N–H and O–H groups in total. The van der Waals surface area contributed by atoms with Gasteiger partial charge in [0, 0.05) is 0 Å². The number of nitrogen functional groups attached to an aromatic ring is 1. The van der Waals surface area contributed by atoms with Crippen LogP contribution in [-0.4, -0.2) is 19.1 Å². The van der Waals surface area contributed by atoms with Crippen molar-refractivity contribution in [3.63, 3.8) is 0 Å². The lowest BCUT2D eigenvalue weighted by atomic mass is 10.2. The molecular formula is C10H13FN2O2. The standard InChI is InChI=1S/C10H13FN2O2/c1-2-15-9(14)6-13-8-5-3-4-7(11)10(8)12/h3-5,13H,2,6,12H2,1H3. The van der Waals surface area contributed by atoms with Crippen LogP contribution in [0.1, 0.15) is 6.92 Å². The number of esters is 1. The summed E-state index contributed by atoms with van der Waals surface area (Å²) < 4.78 is 17.7. The van der Waals surface area contributed by atoms with E-state index in [1.54, 1.807) is 13.0 Å². The molecule has 0 spiro atoms. The molecule has 0 aliphatic rings. The molecule has 5 heteroatoms. The van der Waals surface area contributed by atoms with E-state index in [-0.39, 0.29) is 12.2 Å². The van der Waals surface area contributed by atoms with Gasteiger partial charge < -0.3 is 15.8 Å². The molecule has 0 saturated carbocycles. The van der Waals surface area contributed by atoms with Gasteiger partial charge in [0.2, 0.25) is 0 Å². The van der Waals surface area contributed by atoms with Gasteiger partial charge in [-0.15, -0.1) is 0 Å². The Bertz CT molecular complexity index is 355. The number of ether oxygens (including phenoxy) is 1. The molecule has 4 nitrogen and oxygen atoms in total. The first-order valence-electron chi connectivity index (χ1n) is 4.58. The Labute approximate surface area is 87.2 Å². The summed E-state index contributed by atoms with van der Waals surface area (Å²) in [5.74, 6) is -0.912. The summed E-state index contributed by atoms with van der Waals surface area (Å²) in [7, 11) is 0. The van der Waals surface area contributed by atoms with Gasteiger partial charge in [-0.2, -0.15) is 0 Å². The molecule has 0 bridgehead atoms. The maximum Gasteiger partial charge on any atom is 0.325 e. The Morgan fingerprint density at radius 2 is 2.33 bits per heavy atom. The van der Waals surface area contributed by atoms with Crippen molar-refractivity contribution in [2.75, 3.05) is 24.2 Å². The minimum absolute atomic E-state index is 0.00167. The zero-order chi connectivity index (χ0) is 11.3. The van der Waals surface area contributed by atoms with E-state index >= 15 is 0 Å². The highest BCUT2D eigenvalue weighted by Gasteiger charge is 2.06. The van der Waals surface area contributed by atoms with Gasteiger partial charge in [0.25, 0.3) is 0 Å². The third kappa shape index (κ3) is 3.12. The number of rotatable bonds is 4. The van der Waals surface area contributed by atoms with E-state index in [4.69, 9.17) is 10.5 Å². The lowest BCUT2D eigenvalue weighted by Gasteiger charge is -2.08. The number of carbonyl (C=O) groups excluding carboxylic acids is 1. The van der Waals surface area contributed by atoms with Gasteiger partial charge in [-0.05, 0) is 19.1 Å². The Hall–Kier alpha value is -1.78. The Kier molecular flexibility index (Phi) is 3.91. The van der Waals surface area contributed by atoms with E-state index in [0.717, 1.165) is 0 Å². The summed E-state index contributed by atoms with van der Waals surface area (Å²) in [6.45, 7) is 2.01. The zero-order valence-electron chi connectivity index (χ0n) is 8.42. The second-order valence-electron chi connectivity index (χ2n) is 2.86. The van der Waals surface area contributed by atoms with Crippen LogP contribution in [0.15, 0.2) is 18.2 Å². The minimum atomic E-state index is -0.510. The first kappa shape index (κ1) is 11.3. The van der Waals surface area contributed by atoms with Gasteiger partial charge in [-0.25, -0.2) is 4.39 Å². The summed E-state index contributed by atoms with van der Waals surface area (Å²) in [6, 6.07) is 4.36. The zero-order valence-corrected chi connectivity index (χ0v) is 8.42. The molecule has 0 radical (unpaired) electrons. The number of benzene rings is 1. The van der Waals surface area contributed by atoms with Crippen molar-refractivity contribution in [2.24, 2.45) is 0 Å². The van der Waals surface area contributed by atoms with Gasteiger partial charge in [0.15, 0.2) is 0 Å². The maximum atomic E-state index is 13.0. The van der Waals surface area contributed by atoms with Crippen molar-refractivity contribution in [3.05, 3.63) is 24.0 Å². The largest absolute Gasteiger partial charge is 0.465 e. The molecule has 1 aromatic carbocycles. The molecule has 1 rings (SSSR count). The van der Waals surface area contributed by atoms with Crippen molar-refractivity contribution in [2.45, 2.75) is 6.92 Å². The normalized spacial score (nSPS) is 9.73. The lowest BCUT2D eigenvalue weighted by Crippen LogP contribution is -2.17. The Morgan fingerprint density at radius 1 is 1.60 bits per heavy atom. The number of hydrogen-bond donors (Lipinski definition) is 2. The van der Waals surface area contributed by atoms with Gasteiger partial charge in [0.05, 0.1) is 18.0 Å². The summed E-state index contributed by atoms with van der Waals surface area (Å²) in [5, 5.41) is 2.70. The van der Waals surface area contributed by atoms with Crippen LogP contribution in [0.5, 0.6) is 0 Å². The fourth-order valence-electron chi connectivity index (χ4n) is 1.07. The average Bonchev–Trinajstić information content (AvgIpc) is 2.21. The summed E-state index contributed by atoms with van der Waals surface area (Å²) >= 11 is 0. The monoisotopic (exact) mass is 212 g/mol. The van der Waals surface area contributed by atoms with Crippen LogP contribution < -0.4 is 11.1 Å². The van der Waals surface area contributed by atoms with Crippen LogP contribution in [0, 0.1) is 5.82 Å². The predicted octanol–water partition coefficient (Wildman–Crippen LogP) is 1.38. The number of hydrogen-bond acceptors (Lipinski definition) is 4. The Balaban J connectivity index is 2.58. The molecule has 0 saturated heterocycles. The van der Waals surface area contributed by atoms with Gasteiger partial charge in [0.1, 0.15) is 12.4 Å². The van der Waals surface area contributed by atoms with Crippen LogP contribution in [0.4, 0.5) is 15.8 Å². The molecule has 0 aromatic heterocycles. The van der Waals surface area contributed by atoms with E-state index < -0.39 is 11.8 Å². The maximum absolute atomic E-state index is 13.0. The third-order valence-corrected chi connectivity index (χ3v) is 1.78. The van der Waals surface area contributed by atoms with Crippen molar-refractivity contribution < 1.29 is 13.9 Å². The van der Waals surface area contributed by atoms with Crippen LogP contribution in [0.3, 0.4) is 0 Å². The number of para-hydroxylation sites is 1. The SMILES string of the molecule is CCOC(=O)CNc1cccc(F)c1N. The van der Waals surface area contributed by atoms with Crippen molar-refractivity contribution in [1.82, 2.24) is 0 Å². The van der Waals surface area contributed by atoms with E-state index in [0.29, 0.717) is 12.3 Å². The third-order valence-electron chi connectivity index (χ3n) is 1.78. The quantitative estimate of drug-likeness (QED) is 0.584. The smallest absolute Gasteiger partial charge is 0.325 e. The average molecular weight is 212 g/mol. The van der Waals surface area contributed by atoms with E-state index in [9.17, 15) is 9.18 Å². The summed E-state index contributed by atoms with van der Waals surface area (Å²) in [4.78, 5) is 11.0. The van der Waals surface area contributed by atoms with E-state index in [1.807, 2.05) is 0 Å². The van der Waals surface area contributed by atoms with Crippen molar-refractivity contribution >= 4 is 17.3 Å². The van der Waals surface area contributed by atoms with Crippen molar-refractivity contribution in [1.29, 1.82) is 0 Å². The summed E-state index contributed by atoms with van der Waals surface area (Å²) in [5.41, 5.74) is 5.85. The molecule has 0 unspecified atom stereocenters. The Morgan fingerprint density at radius 3 is 3.00 bits per heavy atom.